The molecule has 0 saturated heterocycles. The van der Waals surface area contributed by atoms with Crippen LogP contribution in [0.15, 0.2) is 12.1 Å². The number of nitrogens with zero attached hydrogens (tertiary/aromatic N) is 1. The molecule has 3 N–H and O–H groups in total. The topological polar surface area (TPSA) is 114 Å². The average molecular weight is 281 g/mol. The van der Waals surface area contributed by atoms with E-state index in [0.29, 0.717) is 18.7 Å². The molecule has 1 aromatic carbocycles. The number of aliphatic hydroxyl groups is 1. The fraction of sp³-hybridized carbons (Fsp3) is 0.417. The number of hydrogen-bond donors (Lipinski definition) is 3. The van der Waals surface area contributed by atoms with Crippen molar-refractivity contribution in [2.24, 2.45) is 0 Å². The Bertz CT molecular complexity index is 544. The van der Waals surface area contributed by atoms with E-state index in [0.717, 1.165) is 0 Å². The van der Waals surface area contributed by atoms with Gasteiger partial charge < -0.3 is 20.5 Å². The summed E-state index contributed by atoms with van der Waals surface area (Å²) in [6.07, 6.45) is -0.0425. The van der Waals surface area contributed by atoms with Crippen LogP contribution in [0.1, 0.15) is 13.3 Å². The van der Waals surface area contributed by atoms with E-state index in [2.05, 4.69) is 10.6 Å². The molecule has 0 bridgehead atoms. The minimum atomic E-state index is -0.523. The zero-order valence-corrected chi connectivity index (χ0v) is 10.9. The maximum atomic E-state index is 11.2. The molecule has 1 aromatic rings. The Hall–Kier alpha value is -2.35. The van der Waals surface area contributed by atoms with Crippen LogP contribution in [0.25, 0.3) is 0 Å². The van der Waals surface area contributed by atoms with E-state index in [-0.39, 0.29) is 29.6 Å². The highest BCUT2D eigenvalue weighted by Crippen LogP contribution is 2.37. The maximum absolute atomic E-state index is 11.2. The Morgan fingerprint density at radius 1 is 1.60 bits per heavy atom. The number of aliphatic hydroxyl groups excluding tert-OH is 1. The van der Waals surface area contributed by atoms with Gasteiger partial charge in [-0.05, 0) is 19.4 Å². The van der Waals surface area contributed by atoms with Crippen molar-refractivity contribution < 1.29 is 19.6 Å². The zero-order chi connectivity index (χ0) is 14.7. The van der Waals surface area contributed by atoms with Gasteiger partial charge in [0.2, 0.25) is 0 Å². The fourth-order valence-corrected chi connectivity index (χ4v) is 1.82. The van der Waals surface area contributed by atoms with Crippen LogP contribution in [-0.4, -0.2) is 35.2 Å². The van der Waals surface area contributed by atoms with Gasteiger partial charge in [-0.25, -0.2) is 0 Å². The lowest BCUT2D eigenvalue weighted by Gasteiger charge is -2.19. The zero-order valence-electron chi connectivity index (χ0n) is 10.9. The van der Waals surface area contributed by atoms with E-state index in [4.69, 9.17) is 4.74 Å². The quantitative estimate of drug-likeness (QED) is 0.550. The highest BCUT2D eigenvalue weighted by atomic mass is 16.6. The van der Waals surface area contributed by atoms with E-state index < -0.39 is 11.0 Å². The predicted molar refractivity (Wildman–Crippen MR) is 72.0 cm³/mol. The molecule has 20 heavy (non-hydrogen) atoms. The second-order valence-corrected chi connectivity index (χ2v) is 4.52. The first-order valence-electron chi connectivity index (χ1n) is 6.14. The molecule has 0 fully saturated rings. The number of nitro benzene ring substituents is 1. The van der Waals surface area contributed by atoms with Gasteiger partial charge in [0.15, 0.2) is 12.4 Å². The molecule has 8 nitrogen and oxygen atoms in total. The largest absolute Gasteiger partial charge is 0.481 e. The average Bonchev–Trinajstić information content (AvgIpc) is 2.37. The van der Waals surface area contributed by atoms with Gasteiger partial charge in [0.1, 0.15) is 5.69 Å². The monoisotopic (exact) mass is 281 g/mol. The van der Waals surface area contributed by atoms with E-state index in [9.17, 15) is 20.0 Å². The van der Waals surface area contributed by atoms with E-state index >= 15 is 0 Å². The van der Waals surface area contributed by atoms with Crippen LogP contribution in [0.5, 0.6) is 5.75 Å². The summed E-state index contributed by atoms with van der Waals surface area (Å²) >= 11 is 0. The second kappa shape index (κ2) is 5.74. The van der Waals surface area contributed by atoms with Crippen LogP contribution in [0.2, 0.25) is 0 Å². The van der Waals surface area contributed by atoms with Crippen LogP contribution in [0, 0.1) is 10.1 Å². The van der Waals surface area contributed by atoms with Crippen LogP contribution >= 0.6 is 0 Å². The van der Waals surface area contributed by atoms with Gasteiger partial charge >= 0.3 is 0 Å². The number of hydrogen-bond acceptors (Lipinski definition) is 6. The summed E-state index contributed by atoms with van der Waals surface area (Å²) in [6, 6.07) is 2.74. The number of carbonyl (C=O) groups is 1. The van der Waals surface area contributed by atoms with Crippen LogP contribution in [0.3, 0.4) is 0 Å². The second-order valence-electron chi connectivity index (χ2n) is 4.52. The summed E-state index contributed by atoms with van der Waals surface area (Å²) < 4.78 is 5.14. The molecule has 1 aliphatic rings. The molecule has 1 heterocycles. The van der Waals surface area contributed by atoms with Gasteiger partial charge in [-0.2, -0.15) is 0 Å². The Labute approximate surface area is 114 Å². The Morgan fingerprint density at radius 3 is 3.00 bits per heavy atom. The lowest BCUT2D eigenvalue weighted by Crippen LogP contribution is -2.25. The smallest absolute Gasteiger partial charge is 0.296 e. The van der Waals surface area contributed by atoms with Crippen molar-refractivity contribution in [3.05, 3.63) is 22.2 Å². The summed E-state index contributed by atoms with van der Waals surface area (Å²) in [6.45, 7) is 1.86. The number of carbonyl (C=O) groups excluding carboxylic acids is 1. The highest BCUT2D eigenvalue weighted by molar-refractivity contribution is 5.96. The fourth-order valence-electron chi connectivity index (χ4n) is 1.82. The predicted octanol–water partition coefficient (Wildman–Crippen LogP) is 1.11. The maximum Gasteiger partial charge on any atom is 0.296 e. The first-order valence-corrected chi connectivity index (χ1v) is 6.14. The van der Waals surface area contributed by atoms with Gasteiger partial charge in [-0.1, -0.05) is 0 Å². The Balaban J connectivity index is 2.26. The summed E-state index contributed by atoms with van der Waals surface area (Å²) in [5.74, 6) is -0.0290. The van der Waals surface area contributed by atoms with Crippen LogP contribution in [0.4, 0.5) is 17.1 Å². The Morgan fingerprint density at radius 2 is 2.35 bits per heavy atom. The molecule has 1 unspecified atom stereocenters. The lowest BCUT2D eigenvalue weighted by atomic mass is 10.2. The van der Waals surface area contributed by atoms with E-state index in [1.807, 2.05) is 0 Å². The number of rotatable bonds is 5. The molecule has 0 aliphatic carbocycles. The molecule has 1 atom stereocenters. The van der Waals surface area contributed by atoms with Crippen molar-refractivity contribution in [2.75, 3.05) is 23.8 Å². The number of fused-ring (bicyclic) bond motifs is 1. The summed E-state index contributed by atoms with van der Waals surface area (Å²) in [5.41, 5.74) is 0.539. The van der Waals surface area contributed by atoms with Crippen molar-refractivity contribution in [1.29, 1.82) is 0 Å². The van der Waals surface area contributed by atoms with Crippen molar-refractivity contribution in [2.45, 2.75) is 19.4 Å². The molecule has 1 amide bonds. The van der Waals surface area contributed by atoms with Gasteiger partial charge in [0, 0.05) is 6.54 Å². The van der Waals surface area contributed by atoms with Gasteiger partial charge in [-0.3, -0.25) is 14.9 Å². The number of nitro groups is 1. The molecule has 2 rings (SSSR count). The minimum absolute atomic E-state index is 0.134. The number of anilines is 2. The van der Waals surface area contributed by atoms with Gasteiger partial charge in [0.05, 0.1) is 22.8 Å². The number of benzene rings is 1. The summed E-state index contributed by atoms with van der Waals surface area (Å²) in [4.78, 5) is 21.8. The number of amides is 1. The standard InChI is InChI=1S/C12H15N3O5/c1-7(16)2-3-13-8-4-9-11(5-10(8)15(18)19)20-6-12(17)14-9/h4-5,7,13,16H,2-3,6H2,1H3,(H,14,17). The first-order chi connectivity index (χ1) is 9.47. The molecule has 0 aromatic heterocycles. The SMILES string of the molecule is CC(O)CCNc1cc2c(cc1[N+](=O)[O-])OCC(=O)N2. The molecular weight excluding hydrogens is 266 g/mol. The minimum Gasteiger partial charge on any atom is -0.481 e. The third-order valence-corrected chi connectivity index (χ3v) is 2.81. The van der Waals surface area contributed by atoms with Gasteiger partial charge in [0.25, 0.3) is 11.6 Å². The van der Waals surface area contributed by atoms with Crippen LogP contribution in [-0.2, 0) is 4.79 Å². The number of nitrogens with one attached hydrogen (secondary N) is 2. The van der Waals surface area contributed by atoms with Crippen molar-refractivity contribution in [3.63, 3.8) is 0 Å². The van der Waals surface area contributed by atoms with Gasteiger partial charge in [-0.15, -0.1) is 0 Å². The normalized spacial score (nSPS) is 14.8. The highest BCUT2D eigenvalue weighted by Gasteiger charge is 2.23. The summed E-state index contributed by atoms with van der Waals surface area (Å²) in [5, 5.41) is 25.7. The van der Waals surface area contributed by atoms with E-state index in [1.54, 1.807) is 6.92 Å². The summed E-state index contributed by atoms with van der Waals surface area (Å²) in [7, 11) is 0. The molecule has 0 saturated carbocycles. The first kappa shape index (κ1) is 14.1. The van der Waals surface area contributed by atoms with Crippen molar-refractivity contribution in [1.82, 2.24) is 0 Å². The molecule has 1 aliphatic heterocycles. The molecule has 0 radical (unpaired) electrons. The van der Waals surface area contributed by atoms with E-state index in [1.165, 1.54) is 12.1 Å². The molecule has 0 spiro atoms. The van der Waals surface area contributed by atoms with Crippen LogP contribution < -0.4 is 15.4 Å². The third kappa shape index (κ3) is 3.15. The third-order valence-electron chi connectivity index (χ3n) is 2.81. The Kier molecular flexibility index (Phi) is 4.04. The molecule has 8 heteroatoms. The lowest BCUT2D eigenvalue weighted by molar-refractivity contribution is -0.384. The molecular formula is C12H15N3O5. The molecule has 108 valence electrons. The number of ether oxygens (including phenoxy) is 1. The van der Waals surface area contributed by atoms with Crippen molar-refractivity contribution >= 4 is 23.0 Å². The van der Waals surface area contributed by atoms with Crippen molar-refractivity contribution in [3.8, 4) is 5.75 Å².